The first-order valence-electron chi connectivity index (χ1n) is 8.11. The van der Waals surface area contributed by atoms with Crippen LogP contribution in [0.5, 0.6) is 0 Å². The minimum atomic E-state index is -1.08. The van der Waals surface area contributed by atoms with Crippen molar-refractivity contribution in [2.45, 2.75) is 6.92 Å². The van der Waals surface area contributed by atoms with Crippen LogP contribution in [-0.4, -0.2) is 36.4 Å². The van der Waals surface area contributed by atoms with Gasteiger partial charge in [-0.15, -0.1) is 0 Å². The lowest BCUT2D eigenvalue weighted by Crippen LogP contribution is -2.42. The number of anilines is 1. The van der Waals surface area contributed by atoms with E-state index in [1.165, 1.54) is 12.1 Å². The van der Waals surface area contributed by atoms with Crippen LogP contribution in [0.3, 0.4) is 0 Å². The van der Waals surface area contributed by atoms with Crippen LogP contribution in [0.4, 0.5) is 10.5 Å². The maximum Gasteiger partial charge on any atom is 0.342 e. The van der Waals surface area contributed by atoms with Crippen molar-refractivity contribution in [1.82, 2.24) is 5.01 Å². The summed E-state index contributed by atoms with van der Waals surface area (Å²) in [6, 6.07) is 13.9. The zero-order chi connectivity index (χ0) is 19.6. The molecule has 1 heterocycles. The highest BCUT2D eigenvalue weighted by Gasteiger charge is 2.48. The van der Waals surface area contributed by atoms with E-state index < -0.39 is 17.4 Å². The molecule has 1 atom stereocenters. The molecule has 0 radical (unpaired) electrons. The molecule has 1 N–H and O–H groups in total. The van der Waals surface area contributed by atoms with Crippen LogP contribution in [0.25, 0.3) is 0 Å². The number of nitrogens with one attached hydrogen (secondary N) is 1. The van der Waals surface area contributed by atoms with E-state index in [0.29, 0.717) is 22.0 Å². The highest BCUT2D eigenvalue weighted by atomic mass is 127. The Morgan fingerprint density at radius 1 is 1.19 bits per heavy atom. The van der Waals surface area contributed by atoms with Gasteiger partial charge in [0, 0.05) is 14.3 Å². The predicted octanol–water partition coefficient (Wildman–Crippen LogP) is 4.38. The van der Waals surface area contributed by atoms with Gasteiger partial charge in [0.25, 0.3) is 0 Å². The van der Waals surface area contributed by atoms with E-state index in [9.17, 15) is 9.59 Å². The molecule has 1 aliphatic rings. The second kappa shape index (κ2) is 7.85. The summed E-state index contributed by atoms with van der Waals surface area (Å²) in [6.45, 7) is 1.79. The number of urea groups is 1. The lowest BCUT2D eigenvalue weighted by molar-refractivity contribution is -0.147. The van der Waals surface area contributed by atoms with Gasteiger partial charge in [-0.3, -0.25) is 4.79 Å². The summed E-state index contributed by atoms with van der Waals surface area (Å²) < 4.78 is 6.03. The second-order valence-electron chi connectivity index (χ2n) is 6.27. The molecule has 8 heteroatoms. The van der Waals surface area contributed by atoms with E-state index in [-0.39, 0.29) is 6.54 Å². The third kappa shape index (κ3) is 4.08. The number of rotatable bonds is 3. The number of hydrazone groups is 1. The number of carbonyl (C=O) groups is 2. The van der Waals surface area contributed by atoms with E-state index in [4.69, 9.17) is 16.3 Å². The van der Waals surface area contributed by atoms with Crippen molar-refractivity contribution >= 4 is 57.6 Å². The summed E-state index contributed by atoms with van der Waals surface area (Å²) in [5.74, 6) is -0.458. The molecule has 1 aliphatic heterocycles. The average Bonchev–Trinajstić information content (AvgIpc) is 3.02. The molecular weight excluding hydrogens is 481 g/mol. The number of ether oxygens (including phenoxy) is 1. The fraction of sp³-hybridized carbons (Fsp3) is 0.211. The normalized spacial score (nSPS) is 18.8. The first-order chi connectivity index (χ1) is 12.8. The molecule has 2 amide bonds. The molecule has 140 valence electrons. The van der Waals surface area contributed by atoms with Gasteiger partial charge in [-0.1, -0.05) is 23.7 Å². The average molecular weight is 498 g/mol. The largest absolute Gasteiger partial charge is 0.468 e. The molecule has 2 aromatic carbocycles. The zero-order valence-electron chi connectivity index (χ0n) is 14.7. The van der Waals surface area contributed by atoms with Crippen LogP contribution in [0.1, 0.15) is 12.5 Å². The standard InChI is InChI=1S/C19H17ClIN3O3/c1-19(17(25)27-2)11-24(18(26)22-15-9-7-14(21)8-10-15)23-16(19)12-3-5-13(20)6-4-12/h3-10H,11H2,1-2H3,(H,22,26)/t19-/m0/s1. The molecule has 6 nitrogen and oxygen atoms in total. The molecule has 3 rings (SSSR count). The van der Waals surface area contributed by atoms with Gasteiger partial charge < -0.3 is 10.1 Å². The van der Waals surface area contributed by atoms with Crippen LogP contribution in [0.2, 0.25) is 5.02 Å². The Hall–Kier alpha value is -2.13. The van der Waals surface area contributed by atoms with Crippen LogP contribution in [-0.2, 0) is 9.53 Å². The summed E-state index contributed by atoms with van der Waals surface area (Å²) >= 11 is 8.14. The smallest absolute Gasteiger partial charge is 0.342 e. The molecule has 0 aromatic heterocycles. The molecule has 2 aromatic rings. The number of carbonyl (C=O) groups excluding carboxylic acids is 2. The van der Waals surface area contributed by atoms with Crippen molar-refractivity contribution in [2.75, 3.05) is 19.0 Å². The van der Waals surface area contributed by atoms with Gasteiger partial charge in [-0.05, 0) is 71.5 Å². The number of esters is 1. The molecule has 27 heavy (non-hydrogen) atoms. The van der Waals surface area contributed by atoms with Gasteiger partial charge in [0.15, 0.2) is 0 Å². The Morgan fingerprint density at radius 2 is 1.81 bits per heavy atom. The molecule has 0 aliphatic carbocycles. The van der Waals surface area contributed by atoms with Crippen molar-refractivity contribution in [1.29, 1.82) is 0 Å². The molecule has 0 bridgehead atoms. The van der Waals surface area contributed by atoms with E-state index >= 15 is 0 Å². The SMILES string of the molecule is COC(=O)[C@@]1(C)CN(C(=O)Nc2ccc(I)cc2)N=C1c1ccc(Cl)cc1. The fourth-order valence-electron chi connectivity index (χ4n) is 2.85. The van der Waals surface area contributed by atoms with Gasteiger partial charge in [-0.2, -0.15) is 5.10 Å². The molecule has 0 unspecified atom stereocenters. The van der Waals surface area contributed by atoms with Crippen molar-refractivity contribution < 1.29 is 14.3 Å². The quantitative estimate of drug-likeness (QED) is 0.505. The number of nitrogens with zero attached hydrogens (tertiary/aromatic N) is 2. The Balaban J connectivity index is 1.90. The lowest BCUT2D eigenvalue weighted by Gasteiger charge is -2.23. The zero-order valence-corrected chi connectivity index (χ0v) is 17.6. The van der Waals surface area contributed by atoms with Gasteiger partial charge in [0.2, 0.25) is 0 Å². The van der Waals surface area contributed by atoms with Crippen molar-refractivity contribution in [3.8, 4) is 0 Å². The Bertz CT molecular complexity index is 899. The topological polar surface area (TPSA) is 71.0 Å². The molecule has 0 spiro atoms. The Kier molecular flexibility index (Phi) is 5.71. The molecular formula is C19H17ClIN3O3. The number of halogens is 2. The van der Waals surface area contributed by atoms with Crippen molar-refractivity contribution in [2.24, 2.45) is 10.5 Å². The van der Waals surface area contributed by atoms with Crippen LogP contribution in [0.15, 0.2) is 53.6 Å². The monoisotopic (exact) mass is 497 g/mol. The van der Waals surface area contributed by atoms with Crippen molar-refractivity contribution in [3.63, 3.8) is 0 Å². The maximum absolute atomic E-state index is 12.7. The molecule has 0 saturated carbocycles. The van der Waals surface area contributed by atoms with Gasteiger partial charge in [-0.25, -0.2) is 9.80 Å². The summed E-state index contributed by atoms with van der Waals surface area (Å²) in [6.07, 6.45) is 0. The van der Waals surface area contributed by atoms with Crippen LogP contribution < -0.4 is 5.32 Å². The highest BCUT2D eigenvalue weighted by molar-refractivity contribution is 14.1. The van der Waals surface area contributed by atoms with Crippen LogP contribution >= 0.6 is 34.2 Å². The summed E-state index contributed by atoms with van der Waals surface area (Å²) in [4.78, 5) is 25.1. The second-order valence-corrected chi connectivity index (χ2v) is 7.96. The molecule has 0 saturated heterocycles. The van der Waals surface area contributed by atoms with Gasteiger partial charge in [0.1, 0.15) is 5.41 Å². The van der Waals surface area contributed by atoms with E-state index in [0.717, 1.165) is 3.57 Å². The highest BCUT2D eigenvalue weighted by Crippen LogP contribution is 2.33. The number of hydrogen-bond donors (Lipinski definition) is 1. The maximum atomic E-state index is 12.7. The third-order valence-electron chi connectivity index (χ3n) is 4.29. The first-order valence-corrected chi connectivity index (χ1v) is 9.57. The fourth-order valence-corrected chi connectivity index (χ4v) is 3.34. The minimum absolute atomic E-state index is 0.0772. The first kappa shape index (κ1) is 19.6. The molecule has 0 fully saturated rings. The summed E-state index contributed by atoms with van der Waals surface area (Å²) in [7, 11) is 1.32. The number of amides is 2. The van der Waals surface area contributed by atoms with E-state index in [1.807, 2.05) is 12.1 Å². The number of benzene rings is 2. The Morgan fingerprint density at radius 3 is 2.41 bits per heavy atom. The minimum Gasteiger partial charge on any atom is -0.468 e. The van der Waals surface area contributed by atoms with Crippen molar-refractivity contribution in [3.05, 3.63) is 62.7 Å². The number of methoxy groups -OCH3 is 1. The van der Waals surface area contributed by atoms with E-state index in [2.05, 4.69) is 33.0 Å². The lowest BCUT2D eigenvalue weighted by atomic mass is 9.82. The predicted molar refractivity (Wildman–Crippen MR) is 113 cm³/mol. The summed E-state index contributed by atoms with van der Waals surface area (Å²) in [5, 5.41) is 9.03. The van der Waals surface area contributed by atoms with E-state index in [1.54, 1.807) is 43.3 Å². The Labute approximate surface area is 175 Å². The van der Waals surface area contributed by atoms with Crippen LogP contribution in [0, 0.1) is 8.99 Å². The van der Waals surface area contributed by atoms with Gasteiger partial charge >= 0.3 is 12.0 Å². The third-order valence-corrected chi connectivity index (χ3v) is 5.26. The summed E-state index contributed by atoms with van der Waals surface area (Å²) in [5.41, 5.74) is 0.738. The van der Waals surface area contributed by atoms with Gasteiger partial charge in [0.05, 0.1) is 19.4 Å². The number of hydrogen-bond acceptors (Lipinski definition) is 4.